The summed E-state index contributed by atoms with van der Waals surface area (Å²) in [5.74, 6) is 2.32. The van der Waals surface area contributed by atoms with Crippen LogP contribution in [-0.2, 0) is 0 Å². The fourth-order valence-electron chi connectivity index (χ4n) is 3.95. The maximum absolute atomic E-state index is 6.09. The second-order valence-corrected chi connectivity index (χ2v) is 7.71. The van der Waals surface area contributed by atoms with Crippen molar-refractivity contribution in [1.29, 1.82) is 0 Å². The van der Waals surface area contributed by atoms with Gasteiger partial charge in [-0.15, -0.1) is 0 Å². The molecule has 1 fully saturated rings. The van der Waals surface area contributed by atoms with Crippen LogP contribution >= 0.6 is 11.6 Å². The van der Waals surface area contributed by atoms with Crippen LogP contribution < -0.4 is 4.90 Å². The van der Waals surface area contributed by atoms with Gasteiger partial charge < -0.3 is 4.90 Å². The summed E-state index contributed by atoms with van der Waals surface area (Å²) >= 11 is 6.09. The molecule has 4 rings (SSSR count). The molecule has 2 atom stereocenters. The highest BCUT2D eigenvalue weighted by Crippen LogP contribution is 2.30. The smallest absolute Gasteiger partial charge is 0.168 e. The molecule has 0 bridgehead atoms. The van der Waals surface area contributed by atoms with Crippen molar-refractivity contribution in [3.05, 3.63) is 41.3 Å². The number of nitrogens with zero attached hydrogens (tertiary/aromatic N) is 5. The van der Waals surface area contributed by atoms with Gasteiger partial charge in [0.05, 0.1) is 17.3 Å². The van der Waals surface area contributed by atoms with Gasteiger partial charge in [-0.2, -0.15) is 5.10 Å². The molecule has 0 saturated carbocycles. The summed E-state index contributed by atoms with van der Waals surface area (Å²) in [5.41, 5.74) is 2.89. The lowest BCUT2D eigenvalue weighted by Gasteiger charge is -2.35. The number of hydrogen-bond acceptors (Lipinski definition) is 4. The van der Waals surface area contributed by atoms with E-state index in [0.29, 0.717) is 11.8 Å². The van der Waals surface area contributed by atoms with Gasteiger partial charge in [-0.05, 0) is 48.9 Å². The maximum atomic E-state index is 6.09. The topological polar surface area (TPSA) is 46.8 Å². The predicted molar refractivity (Wildman–Crippen MR) is 102 cm³/mol. The van der Waals surface area contributed by atoms with E-state index in [2.05, 4.69) is 33.8 Å². The highest BCUT2D eigenvalue weighted by atomic mass is 35.5. The van der Waals surface area contributed by atoms with E-state index in [4.69, 9.17) is 11.6 Å². The van der Waals surface area contributed by atoms with Gasteiger partial charge in [-0.3, -0.25) is 0 Å². The molecule has 1 saturated heterocycles. The Labute approximate surface area is 152 Å². The van der Waals surface area contributed by atoms with Crippen LogP contribution in [0.2, 0.25) is 5.02 Å². The highest BCUT2D eigenvalue weighted by Gasteiger charge is 2.25. The summed E-state index contributed by atoms with van der Waals surface area (Å²) in [6.45, 7) is 8.71. The molecule has 3 aromatic rings. The zero-order valence-electron chi connectivity index (χ0n) is 14.8. The summed E-state index contributed by atoms with van der Waals surface area (Å²) < 4.78 is 1.88. The summed E-state index contributed by atoms with van der Waals surface area (Å²) in [5, 5.41) is 6.32. The van der Waals surface area contributed by atoms with Gasteiger partial charge in [0, 0.05) is 18.1 Å². The Balaban J connectivity index is 1.81. The van der Waals surface area contributed by atoms with E-state index in [1.165, 1.54) is 6.42 Å². The average Bonchev–Trinajstić information content (AvgIpc) is 2.98. The van der Waals surface area contributed by atoms with E-state index in [9.17, 15) is 0 Å². The molecule has 6 heteroatoms. The molecule has 0 unspecified atom stereocenters. The van der Waals surface area contributed by atoms with E-state index in [1.807, 2.05) is 36.0 Å². The van der Waals surface area contributed by atoms with E-state index >= 15 is 0 Å². The predicted octanol–water partition coefficient (Wildman–Crippen LogP) is 4.26. The Morgan fingerprint density at radius 2 is 1.88 bits per heavy atom. The van der Waals surface area contributed by atoms with Gasteiger partial charge in [-0.25, -0.2) is 14.6 Å². The Hall–Kier alpha value is -2.14. The van der Waals surface area contributed by atoms with Crippen LogP contribution in [0, 0.1) is 18.8 Å². The van der Waals surface area contributed by atoms with Gasteiger partial charge in [0.2, 0.25) is 0 Å². The van der Waals surface area contributed by atoms with Crippen molar-refractivity contribution in [1.82, 2.24) is 19.7 Å². The Bertz CT molecular complexity index is 909. The van der Waals surface area contributed by atoms with E-state index in [-0.39, 0.29) is 0 Å². The second kappa shape index (κ2) is 6.30. The third-order valence-electron chi connectivity index (χ3n) is 4.90. The third-order valence-corrected chi connectivity index (χ3v) is 5.14. The van der Waals surface area contributed by atoms with E-state index < -0.39 is 0 Å². The molecule has 1 aliphatic rings. The molecule has 5 nitrogen and oxygen atoms in total. The Morgan fingerprint density at radius 3 is 2.60 bits per heavy atom. The van der Waals surface area contributed by atoms with Crippen LogP contribution in [0.5, 0.6) is 0 Å². The largest absolute Gasteiger partial charge is 0.355 e. The highest BCUT2D eigenvalue weighted by molar-refractivity contribution is 6.30. The van der Waals surface area contributed by atoms with Crippen LogP contribution in [0.25, 0.3) is 16.7 Å². The van der Waals surface area contributed by atoms with Crippen molar-refractivity contribution in [3.8, 4) is 5.69 Å². The minimum Gasteiger partial charge on any atom is -0.355 e. The monoisotopic (exact) mass is 355 g/mol. The molecule has 0 N–H and O–H groups in total. The maximum Gasteiger partial charge on any atom is 0.168 e. The Kier molecular flexibility index (Phi) is 4.12. The van der Waals surface area contributed by atoms with E-state index in [0.717, 1.165) is 46.2 Å². The minimum absolute atomic E-state index is 0.669. The van der Waals surface area contributed by atoms with Crippen LogP contribution in [-0.4, -0.2) is 32.8 Å². The van der Waals surface area contributed by atoms with Crippen LogP contribution in [0.4, 0.5) is 5.82 Å². The molecular weight excluding hydrogens is 334 g/mol. The van der Waals surface area contributed by atoms with Gasteiger partial charge in [0.1, 0.15) is 12.1 Å². The van der Waals surface area contributed by atoms with Gasteiger partial charge in [0.25, 0.3) is 0 Å². The minimum atomic E-state index is 0.669. The zero-order valence-corrected chi connectivity index (χ0v) is 15.5. The number of aromatic nitrogens is 4. The van der Waals surface area contributed by atoms with Gasteiger partial charge >= 0.3 is 0 Å². The normalized spacial score (nSPS) is 21.0. The molecule has 1 aliphatic heterocycles. The SMILES string of the molecule is Cc1cc(Cl)ccc1-n1ncc2c(N3C[C@@H](C)C[C@H](C)C3)ncnc21. The summed E-state index contributed by atoms with van der Waals surface area (Å²) in [7, 11) is 0. The fourth-order valence-corrected chi connectivity index (χ4v) is 4.18. The van der Waals surface area contributed by atoms with Crippen molar-refractivity contribution in [2.75, 3.05) is 18.0 Å². The van der Waals surface area contributed by atoms with Crippen LogP contribution in [0.15, 0.2) is 30.7 Å². The lowest BCUT2D eigenvalue weighted by Crippen LogP contribution is -2.39. The van der Waals surface area contributed by atoms with Crippen molar-refractivity contribution >= 4 is 28.5 Å². The lowest BCUT2D eigenvalue weighted by atomic mass is 9.92. The quantitative estimate of drug-likeness (QED) is 0.689. The first-order valence-electron chi connectivity index (χ1n) is 8.73. The third kappa shape index (κ3) is 2.97. The number of rotatable bonds is 2. The fraction of sp³-hybridized carbons (Fsp3) is 0.421. The number of aryl methyl sites for hydroxylation is 1. The standard InChI is InChI=1S/C19H22ClN5/c1-12-6-13(2)10-24(9-12)18-16-8-23-25(19(16)22-11-21-18)17-5-4-15(20)7-14(17)3/h4-5,7-8,11-13H,6,9-10H2,1-3H3/t12-,13-/m0/s1. The van der Waals surface area contributed by atoms with Crippen molar-refractivity contribution in [3.63, 3.8) is 0 Å². The molecule has 0 spiro atoms. The first-order valence-corrected chi connectivity index (χ1v) is 9.11. The van der Waals surface area contributed by atoms with Crippen LogP contribution in [0.3, 0.4) is 0 Å². The van der Waals surface area contributed by atoms with Crippen molar-refractivity contribution in [2.24, 2.45) is 11.8 Å². The van der Waals surface area contributed by atoms with Crippen molar-refractivity contribution in [2.45, 2.75) is 27.2 Å². The molecule has 0 aliphatic carbocycles. The first-order chi connectivity index (χ1) is 12.0. The average molecular weight is 356 g/mol. The zero-order chi connectivity index (χ0) is 17.6. The number of benzene rings is 1. The first kappa shape index (κ1) is 16.3. The molecule has 25 heavy (non-hydrogen) atoms. The summed E-state index contributed by atoms with van der Waals surface area (Å²) in [4.78, 5) is 11.5. The molecule has 0 radical (unpaired) electrons. The van der Waals surface area contributed by atoms with E-state index in [1.54, 1.807) is 6.33 Å². The number of piperidine rings is 1. The summed E-state index contributed by atoms with van der Waals surface area (Å²) in [6, 6.07) is 5.81. The molecular formula is C19H22ClN5. The van der Waals surface area contributed by atoms with Crippen molar-refractivity contribution < 1.29 is 0 Å². The van der Waals surface area contributed by atoms with Crippen LogP contribution in [0.1, 0.15) is 25.8 Å². The van der Waals surface area contributed by atoms with Gasteiger partial charge in [0.15, 0.2) is 5.65 Å². The molecule has 130 valence electrons. The Morgan fingerprint density at radius 1 is 1.12 bits per heavy atom. The molecule has 1 aromatic carbocycles. The summed E-state index contributed by atoms with van der Waals surface area (Å²) in [6.07, 6.45) is 4.79. The molecule has 3 heterocycles. The number of halogens is 1. The number of hydrogen-bond donors (Lipinski definition) is 0. The molecule has 0 amide bonds. The molecule has 2 aromatic heterocycles. The number of anilines is 1. The lowest BCUT2D eigenvalue weighted by molar-refractivity contribution is 0.356. The number of fused-ring (bicyclic) bond motifs is 1. The van der Waals surface area contributed by atoms with Gasteiger partial charge in [-0.1, -0.05) is 25.4 Å². The second-order valence-electron chi connectivity index (χ2n) is 7.27.